The molecule has 2 aromatic heterocycles. The SMILES string of the molecule is Cc1nc(-n2nn[nH]c2=O)c(C)s1. The number of H-pyrrole nitrogens is 1. The van der Waals surface area contributed by atoms with Crippen LogP contribution in [0.25, 0.3) is 5.82 Å². The second-order valence-electron chi connectivity index (χ2n) is 2.53. The number of hydrogen-bond donors (Lipinski definition) is 1. The van der Waals surface area contributed by atoms with Crippen molar-refractivity contribution >= 4 is 11.3 Å². The lowest BCUT2D eigenvalue weighted by atomic mass is 10.5. The summed E-state index contributed by atoms with van der Waals surface area (Å²) in [7, 11) is 0. The van der Waals surface area contributed by atoms with E-state index in [2.05, 4.69) is 20.5 Å². The lowest BCUT2D eigenvalue weighted by Crippen LogP contribution is -2.17. The van der Waals surface area contributed by atoms with Gasteiger partial charge < -0.3 is 0 Å². The van der Waals surface area contributed by atoms with E-state index in [9.17, 15) is 4.79 Å². The number of tetrazole rings is 1. The highest BCUT2D eigenvalue weighted by molar-refractivity contribution is 7.11. The topological polar surface area (TPSA) is 76.5 Å². The lowest BCUT2D eigenvalue weighted by molar-refractivity contribution is 0.759. The summed E-state index contributed by atoms with van der Waals surface area (Å²) >= 11 is 1.52. The van der Waals surface area contributed by atoms with E-state index in [1.54, 1.807) is 0 Å². The van der Waals surface area contributed by atoms with Gasteiger partial charge >= 0.3 is 5.69 Å². The van der Waals surface area contributed by atoms with E-state index in [0.29, 0.717) is 5.82 Å². The van der Waals surface area contributed by atoms with Gasteiger partial charge in [0.25, 0.3) is 0 Å². The van der Waals surface area contributed by atoms with E-state index in [-0.39, 0.29) is 5.69 Å². The highest BCUT2D eigenvalue weighted by atomic mass is 32.1. The van der Waals surface area contributed by atoms with Gasteiger partial charge in [0.05, 0.1) is 5.01 Å². The van der Waals surface area contributed by atoms with Crippen LogP contribution in [0.15, 0.2) is 4.79 Å². The molecule has 6 nitrogen and oxygen atoms in total. The number of rotatable bonds is 1. The van der Waals surface area contributed by atoms with Crippen LogP contribution >= 0.6 is 11.3 Å². The highest BCUT2D eigenvalue weighted by Crippen LogP contribution is 2.17. The molecular formula is C6H7N5OS. The zero-order chi connectivity index (χ0) is 9.42. The predicted molar refractivity (Wildman–Crippen MR) is 47.1 cm³/mol. The third kappa shape index (κ3) is 1.26. The van der Waals surface area contributed by atoms with Crippen LogP contribution in [0.1, 0.15) is 9.88 Å². The van der Waals surface area contributed by atoms with E-state index in [4.69, 9.17) is 0 Å². The van der Waals surface area contributed by atoms with Crippen LogP contribution in [0.5, 0.6) is 0 Å². The van der Waals surface area contributed by atoms with Crippen molar-refractivity contribution in [1.29, 1.82) is 0 Å². The summed E-state index contributed by atoms with van der Waals surface area (Å²) in [5.41, 5.74) is -0.367. The zero-order valence-corrected chi connectivity index (χ0v) is 7.92. The Labute approximate surface area is 77.2 Å². The Balaban J connectivity index is 2.65. The maximum Gasteiger partial charge on any atom is 0.367 e. The fourth-order valence-corrected chi connectivity index (χ4v) is 1.85. The van der Waals surface area contributed by atoms with Gasteiger partial charge in [-0.25, -0.2) is 14.9 Å². The molecule has 0 unspecified atom stereocenters. The standard InChI is InChI=1S/C6H7N5OS/c1-3-5(7-4(2)13-3)11-6(12)8-9-10-11/h1-2H3,(H,8,10,12). The Kier molecular flexibility index (Phi) is 1.73. The molecule has 0 aliphatic heterocycles. The number of thiazole rings is 1. The van der Waals surface area contributed by atoms with Gasteiger partial charge in [0.2, 0.25) is 0 Å². The van der Waals surface area contributed by atoms with Crippen molar-refractivity contribution in [2.24, 2.45) is 0 Å². The second kappa shape index (κ2) is 2.77. The summed E-state index contributed by atoms with van der Waals surface area (Å²) in [6.07, 6.45) is 0. The fourth-order valence-electron chi connectivity index (χ4n) is 1.05. The molecule has 7 heteroatoms. The molecule has 0 aliphatic carbocycles. The second-order valence-corrected chi connectivity index (χ2v) is 3.94. The maximum absolute atomic E-state index is 11.1. The molecule has 0 saturated heterocycles. The van der Waals surface area contributed by atoms with Gasteiger partial charge in [0, 0.05) is 4.88 Å². The van der Waals surface area contributed by atoms with E-state index in [1.165, 1.54) is 11.3 Å². The highest BCUT2D eigenvalue weighted by Gasteiger charge is 2.10. The van der Waals surface area contributed by atoms with Crippen LogP contribution in [0.4, 0.5) is 0 Å². The van der Waals surface area contributed by atoms with E-state index in [0.717, 1.165) is 14.6 Å². The number of nitrogens with zero attached hydrogens (tertiary/aromatic N) is 4. The van der Waals surface area contributed by atoms with Crippen LogP contribution in [0.2, 0.25) is 0 Å². The molecule has 1 N–H and O–H groups in total. The average molecular weight is 197 g/mol. The quantitative estimate of drug-likeness (QED) is 0.699. The maximum atomic E-state index is 11.1. The number of hydrogen-bond acceptors (Lipinski definition) is 5. The number of nitrogens with one attached hydrogen (secondary N) is 1. The first kappa shape index (κ1) is 8.11. The third-order valence-electron chi connectivity index (χ3n) is 1.55. The first-order valence-electron chi connectivity index (χ1n) is 3.63. The van der Waals surface area contributed by atoms with E-state index < -0.39 is 0 Å². The summed E-state index contributed by atoms with van der Waals surface area (Å²) in [5.74, 6) is 0.557. The summed E-state index contributed by atoms with van der Waals surface area (Å²) in [4.78, 5) is 16.3. The van der Waals surface area contributed by atoms with Gasteiger partial charge in [-0.2, -0.15) is 0 Å². The molecule has 0 amide bonds. The van der Waals surface area contributed by atoms with Crippen molar-refractivity contribution in [1.82, 2.24) is 25.2 Å². The largest absolute Gasteiger partial charge is 0.367 e. The molecule has 2 heterocycles. The minimum atomic E-state index is -0.367. The predicted octanol–water partition coefficient (Wildman–Crippen LogP) is 0.0289. The fraction of sp³-hybridized carbons (Fsp3) is 0.333. The van der Waals surface area contributed by atoms with Gasteiger partial charge in [-0.05, 0) is 24.3 Å². The summed E-state index contributed by atoms with van der Waals surface area (Å²) in [5, 5.41) is 10.1. The van der Waals surface area contributed by atoms with Crippen molar-refractivity contribution in [2.45, 2.75) is 13.8 Å². The van der Waals surface area contributed by atoms with E-state index in [1.807, 2.05) is 13.8 Å². The van der Waals surface area contributed by atoms with Crippen LogP contribution < -0.4 is 5.69 Å². The lowest BCUT2D eigenvalue weighted by Gasteiger charge is -1.91. The zero-order valence-electron chi connectivity index (χ0n) is 7.11. The monoisotopic (exact) mass is 197 g/mol. The molecule has 0 aromatic carbocycles. The van der Waals surface area contributed by atoms with Crippen molar-refractivity contribution in [2.75, 3.05) is 0 Å². The van der Waals surface area contributed by atoms with Gasteiger partial charge in [-0.1, -0.05) is 0 Å². The molecule has 0 aliphatic rings. The molecule has 0 bridgehead atoms. The first-order valence-corrected chi connectivity index (χ1v) is 4.45. The Morgan fingerprint density at radius 3 is 2.69 bits per heavy atom. The molecule has 68 valence electrons. The molecular weight excluding hydrogens is 190 g/mol. The van der Waals surface area contributed by atoms with Gasteiger partial charge in [-0.15, -0.1) is 16.0 Å². The average Bonchev–Trinajstić information content (AvgIpc) is 2.58. The molecule has 0 atom stereocenters. The summed E-state index contributed by atoms with van der Waals surface area (Å²) in [6.45, 7) is 3.77. The normalized spacial score (nSPS) is 10.6. The van der Waals surface area contributed by atoms with Crippen molar-refractivity contribution in [3.63, 3.8) is 0 Å². The molecule has 13 heavy (non-hydrogen) atoms. The van der Waals surface area contributed by atoms with Crippen LogP contribution in [0, 0.1) is 13.8 Å². The summed E-state index contributed by atoms with van der Waals surface area (Å²) in [6, 6.07) is 0. The van der Waals surface area contributed by atoms with Crippen molar-refractivity contribution in [3.05, 3.63) is 20.4 Å². The first-order chi connectivity index (χ1) is 6.18. The number of aromatic amines is 1. The summed E-state index contributed by atoms with van der Waals surface area (Å²) < 4.78 is 1.15. The van der Waals surface area contributed by atoms with Gasteiger partial charge in [0.1, 0.15) is 0 Å². The Morgan fingerprint density at radius 2 is 2.23 bits per heavy atom. The van der Waals surface area contributed by atoms with E-state index >= 15 is 0 Å². The van der Waals surface area contributed by atoms with Crippen LogP contribution in [-0.2, 0) is 0 Å². The minimum absolute atomic E-state index is 0.367. The minimum Gasteiger partial charge on any atom is -0.244 e. The smallest absolute Gasteiger partial charge is 0.244 e. The molecule has 0 fully saturated rings. The van der Waals surface area contributed by atoms with Gasteiger partial charge in [-0.3, -0.25) is 0 Å². The van der Waals surface area contributed by atoms with Crippen LogP contribution in [0.3, 0.4) is 0 Å². The third-order valence-corrected chi connectivity index (χ3v) is 2.43. The molecule has 2 aromatic rings. The van der Waals surface area contributed by atoms with Gasteiger partial charge in [0.15, 0.2) is 5.82 Å². The number of aromatic nitrogens is 5. The molecule has 0 spiro atoms. The van der Waals surface area contributed by atoms with Crippen molar-refractivity contribution in [3.8, 4) is 5.82 Å². The Hall–Kier alpha value is -1.50. The molecule has 2 rings (SSSR count). The van der Waals surface area contributed by atoms with Crippen molar-refractivity contribution < 1.29 is 0 Å². The Morgan fingerprint density at radius 1 is 1.46 bits per heavy atom. The Bertz CT molecular complexity index is 481. The van der Waals surface area contributed by atoms with Crippen LogP contribution in [-0.4, -0.2) is 25.2 Å². The number of aryl methyl sites for hydroxylation is 2. The molecule has 0 saturated carbocycles. The molecule has 0 radical (unpaired) electrons.